The third-order valence-corrected chi connectivity index (χ3v) is 7.98. The molecule has 0 heterocycles. The molecule has 0 heteroatoms. The number of allylic oxidation sites excluding steroid dienone is 6. The normalized spacial score (nSPS) is 25.0. The molecule has 1 saturated carbocycles. The van der Waals surface area contributed by atoms with Crippen LogP contribution in [0.15, 0.2) is 52.6 Å². The van der Waals surface area contributed by atoms with Crippen LogP contribution in [0.4, 0.5) is 0 Å². The monoisotopic (exact) mass is 418 g/mol. The summed E-state index contributed by atoms with van der Waals surface area (Å²) < 4.78 is 0. The number of benzene rings is 1. The van der Waals surface area contributed by atoms with Crippen molar-refractivity contribution in [3.63, 3.8) is 0 Å². The first-order chi connectivity index (χ1) is 14.9. The van der Waals surface area contributed by atoms with Crippen molar-refractivity contribution in [2.75, 3.05) is 0 Å². The second-order valence-corrected chi connectivity index (χ2v) is 10.6. The van der Waals surface area contributed by atoms with Gasteiger partial charge in [-0.3, -0.25) is 0 Å². The minimum Gasteiger partial charge on any atom is -0.0804 e. The lowest BCUT2D eigenvalue weighted by Crippen LogP contribution is -2.17. The quantitative estimate of drug-likeness (QED) is 0.394. The Hall–Kier alpha value is -1.56. The van der Waals surface area contributed by atoms with Crippen molar-refractivity contribution < 1.29 is 0 Å². The molecular weight excluding hydrogens is 372 g/mol. The molecule has 0 amide bonds. The van der Waals surface area contributed by atoms with Crippen LogP contribution >= 0.6 is 0 Å². The van der Waals surface area contributed by atoms with Crippen LogP contribution in [-0.2, 0) is 6.42 Å². The zero-order chi connectivity index (χ0) is 22.4. The van der Waals surface area contributed by atoms with E-state index in [0.29, 0.717) is 0 Å². The molecule has 1 aromatic carbocycles. The van der Waals surface area contributed by atoms with Gasteiger partial charge >= 0.3 is 0 Å². The van der Waals surface area contributed by atoms with Gasteiger partial charge in [0, 0.05) is 0 Å². The van der Waals surface area contributed by atoms with E-state index >= 15 is 0 Å². The van der Waals surface area contributed by atoms with Crippen LogP contribution in [0.3, 0.4) is 0 Å². The average Bonchev–Trinajstić information content (AvgIpc) is 2.75. The van der Waals surface area contributed by atoms with Crippen LogP contribution in [0.5, 0.6) is 0 Å². The molecular formula is C31H46. The van der Waals surface area contributed by atoms with Crippen LogP contribution in [0.2, 0.25) is 0 Å². The van der Waals surface area contributed by atoms with E-state index in [4.69, 9.17) is 0 Å². The molecule has 3 rings (SSSR count). The van der Waals surface area contributed by atoms with Gasteiger partial charge in [0.1, 0.15) is 0 Å². The SMILES string of the molecule is CCCC1=C(/C=C(\Cc2ccc(C)c(C)c2)C2CCC(C)CC2)C(C)=CCC1CCC. The number of hydrogen-bond acceptors (Lipinski definition) is 0. The minimum absolute atomic E-state index is 0.757. The molecule has 0 nitrogen and oxygen atoms in total. The summed E-state index contributed by atoms with van der Waals surface area (Å²) in [4.78, 5) is 0. The van der Waals surface area contributed by atoms with Crippen molar-refractivity contribution in [1.82, 2.24) is 0 Å². The molecule has 2 aliphatic rings. The van der Waals surface area contributed by atoms with Crippen LogP contribution in [0, 0.1) is 31.6 Å². The van der Waals surface area contributed by atoms with Gasteiger partial charge in [-0.2, -0.15) is 0 Å². The lowest BCUT2D eigenvalue weighted by atomic mass is 9.74. The standard InChI is InChI=1S/C31H46/c1-7-9-28-18-14-24(5)31(30(28)10-8-2)21-29(27-16-11-22(3)12-17-27)20-26-15-13-23(4)25(6)19-26/h13-15,19,21-22,27-28H,7-12,16-18,20H2,1-6H3/b29-21+. The summed E-state index contributed by atoms with van der Waals surface area (Å²) in [5.74, 6) is 2.42. The molecule has 0 aromatic heterocycles. The Bertz CT molecular complexity index is 824. The molecule has 1 fully saturated rings. The fourth-order valence-corrected chi connectivity index (χ4v) is 5.78. The molecule has 1 unspecified atom stereocenters. The Labute approximate surface area is 192 Å². The fraction of sp³-hybridized carbons (Fsp3) is 0.613. The zero-order valence-electron chi connectivity index (χ0n) is 21.2. The zero-order valence-corrected chi connectivity index (χ0v) is 21.2. The van der Waals surface area contributed by atoms with Crippen LogP contribution in [0.1, 0.15) is 102 Å². The van der Waals surface area contributed by atoms with Crippen molar-refractivity contribution in [3.8, 4) is 0 Å². The molecule has 0 radical (unpaired) electrons. The highest BCUT2D eigenvalue weighted by molar-refractivity contribution is 5.48. The van der Waals surface area contributed by atoms with E-state index in [1.807, 2.05) is 0 Å². The maximum Gasteiger partial charge on any atom is -0.00609 e. The van der Waals surface area contributed by atoms with E-state index < -0.39 is 0 Å². The Morgan fingerprint density at radius 3 is 2.35 bits per heavy atom. The molecule has 0 saturated heterocycles. The summed E-state index contributed by atoms with van der Waals surface area (Å²) in [6.07, 6.45) is 18.2. The van der Waals surface area contributed by atoms with Crippen LogP contribution in [-0.4, -0.2) is 0 Å². The lowest BCUT2D eigenvalue weighted by Gasteiger charge is -2.31. The van der Waals surface area contributed by atoms with Crippen molar-refractivity contribution in [1.29, 1.82) is 0 Å². The third kappa shape index (κ3) is 6.24. The first kappa shape index (κ1) is 24.1. The first-order valence-electron chi connectivity index (χ1n) is 13.1. The number of hydrogen-bond donors (Lipinski definition) is 0. The van der Waals surface area contributed by atoms with E-state index in [1.165, 1.54) is 80.1 Å². The smallest absolute Gasteiger partial charge is 0.00609 e. The molecule has 170 valence electrons. The average molecular weight is 419 g/mol. The summed E-state index contributed by atoms with van der Waals surface area (Å²) in [6.45, 7) is 14.0. The van der Waals surface area contributed by atoms with Gasteiger partial charge < -0.3 is 0 Å². The lowest BCUT2D eigenvalue weighted by molar-refractivity contribution is 0.317. The van der Waals surface area contributed by atoms with Gasteiger partial charge in [0.25, 0.3) is 0 Å². The number of aryl methyl sites for hydroxylation is 2. The fourth-order valence-electron chi connectivity index (χ4n) is 5.78. The largest absolute Gasteiger partial charge is 0.0804 e. The van der Waals surface area contributed by atoms with Gasteiger partial charge in [0.2, 0.25) is 0 Å². The van der Waals surface area contributed by atoms with E-state index in [-0.39, 0.29) is 0 Å². The highest BCUT2D eigenvalue weighted by Crippen LogP contribution is 2.40. The summed E-state index contributed by atoms with van der Waals surface area (Å²) >= 11 is 0. The molecule has 0 aliphatic heterocycles. The molecule has 31 heavy (non-hydrogen) atoms. The van der Waals surface area contributed by atoms with Gasteiger partial charge in [-0.05, 0) is 105 Å². The van der Waals surface area contributed by atoms with Crippen LogP contribution in [0.25, 0.3) is 0 Å². The maximum absolute atomic E-state index is 2.68. The van der Waals surface area contributed by atoms with Crippen LogP contribution < -0.4 is 0 Å². The predicted molar refractivity (Wildman–Crippen MR) is 138 cm³/mol. The number of rotatable bonds is 8. The Morgan fingerprint density at radius 1 is 0.968 bits per heavy atom. The minimum atomic E-state index is 0.757. The highest BCUT2D eigenvalue weighted by atomic mass is 14.3. The second-order valence-electron chi connectivity index (χ2n) is 10.6. The first-order valence-corrected chi connectivity index (χ1v) is 13.1. The van der Waals surface area contributed by atoms with Gasteiger partial charge in [0.05, 0.1) is 0 Å². The van der Waals surface area contributed by atoms with Crippen molar-refractivity contribution in [2.24, 2.45) is 17.8 Å². The maximum atomic E-state index is 2.68. The molecule has 0 bridgehead atoms. The molecule has 2 aliphatic carbocycles. The Balaban J connectivity index is 2.01. The summed E-state index contributed by atoms with van der Waals surface area (Å²) in [7, 11) is 0. The van der Waals surface area contributed by atoms with Gasteiger partial charge in [0.15, 0.2) is 0 Å². The van der Waals surface area contributed by atoms with Crippen molar-refractivity contribution in [2.45, 2.75) is 106 Å². The second kappa shape index (κ2) is 11.3. The summed E-state index contributed by atoms with van der Waals surface area (Å²) in [5.41, 5.74) is 10.9. The topological polar surface area (TPSA) is 0 Å². The highest BCUT2D eigenvalue weighted by Gasteiger charge is 2.25. The van der Waals surface area contributed by atoms with E-state index in [1.54, 1.807) is 16.7 Å². The van der Waals surface area contributed by atoms with Crippen molar-refractivity contribution >= 4 is 0 Å². The molecule has 1 aromatic rings. The Morgan fingerprint density at radius 2 is 1.71 bits per heavy atom. The molecule has 0 spiro atoms. The molecule has 1 atom stereocenters. The van der Waals surface area contributed by atoms with E-state index in [2.05, 4.69) is 71.9 Å². The Kier molecular flexibility index (Phi) is 8.82. The summed E-state index contributed by atoms with van der Waals surface area (Å²) in [5, 5.41) is 0. The molecule has 0 N–H and O–H groups in total. The van der Waals surface area contributed by atoms with E-state index in [0.717, 1.165) is 24.2 Å². The third-order valence-electron chi connectivity index (χ3n) is 7.98. The van der Waals surface area contributed by atoms with Gasteiger partial charge in [-0.15, -0.1) is 0 Å². The van der Waals surface area contributed by atoms with Crippen molar-refractivity contribution in [3.05, 3.63) is 69.3 Å². The van der Waals surface area contributed by atoms with Gasteiger partial charge in [-0.1, -0.05) is 88.0 Å². The van der Waals surface area contributed by atoms with E-state index in [9.17, 15) is 0 Å². The predicted octanol–water partition coefficient (Wildman–Crippen LogP) is 9.46. The van der Waals surface area contributed by atoms with Gasteiger partial charge in [-0.25, -0.2) is 0 Å². The summed E-state index contributed by atoms with van der Waals surface area (Å²) in [6, 6.07) is 7.11.